The van der Waals surface area contributed by atoms with Crippen LogP contribution in [0.25, 0.3) is 0 Å². The quantitative estimate of drug-likeness (QED) is 0.459. The van der Waals surface area contributed by atoms with Gasteiger partial charge < -0.3 is 14.3 Å². The van der Waals surface area contributed by atoms with Crippen molar-refractivity contribution in [1.29, 1.82) is 0 Å². The lowest BCUT2D eigenvalue weighted by Gasteiger charge is -2.47. The summed E-state index contributed by atoms with van der Waals surface area (Å²) in [5.74, 6) is -0.451. The Bertz CT molecular complexity index is 1020. The first kappa shape index (κ1) is 24.8. The van der Waals surface area contributed by atoms with E-state index in [0.717, 1.165) is 38.5 Å². The molecule has 1 aliphatic heterocycles. The number of ether oxygens (including phenoxy) is 1. The van der Waals surface area contributed by atoms with Crippen molar-refractivity contribution < 1.29 is 24.0 Å². The SMILES string of the molecule is CC(C)(C)[Si](O[C@@H]1CCC[C@@]2(C1)OOC1(CC3CC(CO)C1C3)O2)(c1ccccc1)c1ccccc1. The summed E-state index contributed by atoms with van der Waals surface area (Å²) in [6.07, 6.45) is 6.45. The van der Waals surface area contributed by atoms with E-state index in [1.54, 1.807) is 0 Å². The van der Waals surface area contributed by atoms with Crippen molar-refractivity contribution >= 4 is 18.7 Å². The van der Waals surface area contributed by atoms with Crippen LogP contribution in [0.5, 0.6) is 0 Å². The Morgan fingerprint density at radius 1 is 0.944 bits per heavy atom. The smallest absolute Gasteiger partial charge is 0.261 e. The maximum Gasteiger partial charge on any atom is 0.261 e. The molecule has 1 heterocycles. The van der Waals surface area contributed by atoms with Crippen LogP contribution in [0.15, 0.2) is 60.7 Å². The summed E-state index contributed by atoms with van der Waals surface area (Å²) < 4.78 is 14.3. The summed E-state index contributed by atoms with van der Waals surface area (Å²) in [6, 6.07) is 21.7. The number of hydrogen-bond acceptors (Lipinski definition) is 5. The molecule has 2 aromatic carbocycles. The molecule has 5 nitrogen and oxygen atoms in total. The molecule has 36 heavy (non-hydrogen) atoms. The lowest BCUT2D eigenvalue weighted by molar-refractivity contribution is -0.365. The van der Waals surface area contributed by atoms with Crippen LogP contribution in [-0.4, -0.2) is 37.7 Å². The van der Waals surface area contributed by atoms with Crippen LogP contribution in [0.3, 0.4) is 0 Å². The molecule has 194 valence electrons. The molecular formula is C30H40O5Si. The van der Waals surface area contributed by atoms with Gasteiger partial charge in [0.05, 0.1) is 6.10 Å². The van der Waals surface area contributed by atoms with Crippen LogP contribution in [0.4, 0.5) is 0 Å². The van der Waals surface area contributed by atoms with Crippen molar-refractivity contribution in [2.45, 2.75) is 88.4 Å². The van der Waals surface area contributed by atoms with E-state index in [1.165, 1.54) is 10.4 Å². The molecule has 1 saturated heterocycles. The van der Waals surface area contributed by atoms with E-state index in [1.807, 2.05) is 0 Å². The number of fused-ring (bicyclic) bond motifs is 3. The summed E-state index contributed by atoms with van der Waals surface area (Å²) in [5, 5.41) is 12.4. The molecule has 1 N–H and O–H groups in total. The summed E-state index contributed by atoms with van der Waals surface area (Å²) in [5.41, 5.74) is 0. The van der Waals surface area contributed by atoms with Crippen LogP contribution in [0.2, 0.25) is 5.04 Å². The Kier molecular flexibility index (Phi) is 6.22. The molecule has 0 radical (unpaired) electrons. The fourth-order valence-corrected chi connectivity index (χ4v) is 12.5. The Hall–Kier alpha value is -1.54. The largest absolute Gasteiger partial charge is 0.404 e. The van der Waals surface area contributed by atoms with E-state index in [0.29, 0.717) is 12.3 Å². The Balaban J connectivity index is 1.31. The predicted molar refractivity (Wildman–Crippen MR) is 141 cm³/mol. The van der Waals surface area contributed by atoms with Crippen molar-refractivity contribution in [3.63, 3.8) is 0 Å². The van der Waals surface area contributed by atoms with Gasteiger partial charge in [-0.3, -0.25) is 0 Å². The minimum absolute atomic E-state index is 0.0102. The second-order valence-corrected chi connectivity index (χ2v) is 16.8. The molecule has 0 aromatic heterocycles. The molecule has 3 saturated carbocycles. The van der Waals surface area contributed by atoms with Crippen LogP contribution in [0.1, 0.15) is 65.7 Å². The first-order valence-corrected chi connectivity index (χ1v) is 15.7. The number of aliphatic hydroxyl groups is 1. The zero-order chi connectivity index (χ0) is 25.0. The van der Waals surface area contributed by atoms with E-state index in [9.17, 15) is 5.11 Å². The minimum Gasteiger partial charge on any atom is -0.404 e. The Morgan fingerprint density at radius 3 is 2.19 bits per heavy atom. The van der Waals surface area contributed by atoms with Crippen molar-refractivity contribution in [2.24, 2.45) is 17.8 Å². The lowest BCUT2D eigenvalue weighted by atomic mass is 9.84. The molecular weight excluding hydrogens is 468 g/mol. The molecule has 6 atom stereocenters. The summed E-state index contributed by atoms with van der Waals surface area (Å²) >= 11 is 0. The van der Waals surface area contributed by atoms with E-state index < -0.39 is 19.9 Å². The molecule has 6 heteroatoms. The number of rotatable bonds is 5. The summed E-state index contributed by atoms with van der Waals surface area (Å²) in [7, 11) is -2.66. The first-order valence-electron chi connectivity index (χ1n) is 13.8. The monoisotopic (exact) mass is 508 g/mol. The van der Waals surface area contributed by atoms with Gasteiger partial charge in [0.25, 0.3) is 8.32 Å². The zero-order valence-corrected chi connectivity index (χ0v) is 22.8. The molecule has 2 bridgehead atoms. The van der Waals surface area contributed by atoms with Gasteiger partial charge in [0.2, 0.25) is 11.6 Å². The summed E-state index contributed by atoms with van der Waals surface area (Å²) in [4.78, 5) is 12.2. The normalized spacial score (nSPS) is 36.2. The van der Waals surface area contributed by atoms with Crippen molar-refractivity contribution in [3.8, 4) is 0 Å². The average Bonchev–Trinajstić information content (AvgIpc) is 3.55. The Morgan fingerprint density at radius 2 is 1.61 bits per heavy atom. The second kappa shape index (κ2) is 9.04. The molecule has 2 spiro atoms. The topological polar surface area (TPSA) is 57.2 Å². The van der Waals surface area contributed by atoms with E-state index in [2.05, 4.69) is 81.4 Å². The lowest BCUT2D eigenvalue weighted by Crippen LogP contribution is -2.68. The van der Waals surface area contributed by atoms with Crippen molar-refractivity contribution in [3.05, 3.63) is 60.7 Å². The standard InChI is InChI=1S/C30H40O5Si/c1-28(2,3)36(25-12-6-4-7-13-25,26-14-8-5-9-15-26)32-24-11-10-16-29(20-24)33-30(35-34-29)19-22-17-23(21-31)27(30)18-22/h4-9,12-15,22-24,27,31H,10-11,16-21H2,1-3H3/t22?,23?,24-,27?,29+,30?/m1/s1. The van der Waals surface area contributed by atoms with Crippen molar-refractivity contribution in [2.75, 3.05) is 6.61 Å². The molecule has 4 fully saturated rings. The molecule has 4 aliphatic rings. The number of benzene rings is 2. The van der Waals surface area contributed by atoms with Crippen LogP contribution < -0.4 is 10.4 Å². The Labute approximate surface area is 216 Å². The molecule has 2 aromatic rings. The van der Waals surface area contributed by atoms with Gasteiger partial charge in [0.1, 0.15) is 0 Å². The highest BCUT2D eigenvalue weighted by Crippen LogP contribution is 2.61. The maximum atomic E-state index is 9.93. The van der Waals surface area contributed by atoms with E-state index in [4.69, 9.17) is 18.9 Å². The predicted octanol–water partition coefficient (Wildman–Crippen LogP) is 4.92. The molecule has 0 amide bonds. The van der Waals surface area contributed by atoms with Gasteiger partial charge in [-0.2, -0.15) is 9.78 Å². The highest BCUT2D eigenvalue weighted by Gasteiger charge is 2.66. The molecule has 3 aliphatic carbocycles. The van der Waals surface area contributed by atoms with Gasteiger partial charge >= 0.3 is 0 Å². The van der Waals surface area contributed by atoms with Gasteiger partial charge in [0.15, 0.2) is 0 Å². The highest BCUT2D eigenvalue weighted by atomic mass is 28.4. The van der Waals surface area contributed by atoms with Gasteiger partial charge in [-0.05, 0) is 52.9 Å². The van der Waals surface area contributed by atoms with Crippen molar-refractivity contribution in [1.82, 2.24) is 0 Å². The second-order valence-electron chi connectivity index (χ2n) is 12.6. The molecule has 6 rings (SSSR count). The first-order chi connectivity index (χ1) is 17.3. The number of hydrogen-bond donors (Lipinski definition) is 1. The van der Waals surface area contributed by atoms with Crippen LogP contribution in [0, 0.1) is 17.8 Å². The third kappa shape index (κ3) is 3.93. The van der Waals surface area contributed by atoms with Gasteiger partial charge in [0, 0.05) is 31.8 Å². The van der Waals surface area contributed by atoms with E-state index >= 15 is 0 Å². The fraction of sp³-hybridized carbons (Fsp3) is 0.600. The van der Waals surface area contributed by atoms with Crippen LogP contribution >= 0.6 is 0 Å². The van der Waals surface area contributed by atoms with Gasteiger partial charge in [-0.1, -0.05) is 81.4 Å². The highest BCUT2D eigenvalue weighted by molar-refractivity contribution is 6.99. The van der Waals surface area contributed by atoms with Gasteiger partial charge in [-0.25, -0.2) is 0 Å². The van der Waals surface area contributed by atoms with E-state index in [-0.39, 0.29) is 29.6 Å². The third-order valence-corrected chi connectivity index (χ3v) is 14.3. The zero-order valence-electron chi connectivity index (χ0n) is 21.8. The maximum absolute atomic E-state index is 9.93. The van der Waals surface area contributed by atoms with Gasteiger partial charge in [-0.15, -0.1) is 0 Å². The minimum atomic E-state index is -2.66. The average molecular weight is 509 g/mol. The molecule has 4 unspecified atom stereocenters. The third-order valence-electron chi connectivity index (χ3n) is 9.24. The fourth-order valence-electron chi connectivity index (χ4n) is 7.77. The number of aliphatic hydroxyl groups excluding tert-OH is 1. The van der Waals surface area contributed by atoms with Crippen LogP contribution in [-0.2, 0) is 18.9 Å². The summed E-state index contributed by atoms with van der Waals surface area (Å²) in [6.45, 7) is 7.16.